The molecule has 0 spiro atoms. The van der Waals surface area contributed by atoms with Crippen LogP contribution < -0.4 is 0 Å². The van der Waals surface area contributed by atoms with Crippen LogP contribution in [0.3, 0.4) is 0 Å². The number of hydrogen-bond acceptors (Lipinski definition) is 2. The second-order valence-corrected chi connectivity index (χ2v) is 4.88. The third-order valence-electron chi connectivity index (χ3n) is 3.72. The van der Waals surface area contributed by atoms with Crippen LogP contribution in [0, 0.1) is 5.41 Å². The van der Waals surface area contributed by atoms with Crippen LogP contribution in [-0.2, 0) is 4.79 Å². The van der Waals surface area contributed by atoms with Crippen LogP contribution in [0.25, 0.3) is 0 Å². The fourth-order valence-corrected chi connectivity index (χ4v) is 2.48. The zero-order valence-corrected chi connectivity index (χ0v) is 8.92. The lowest BCUT2D eigenvalue weighted by Gasteiger charge is -2.59. The summed E-state index contributed by atoms with van der Waals surface area (Å²) in [6, 6.07) is 0. The summed E-state index contributed by atoms with van der Waals surface area (Å²) < 4.78 is 0. The first-order chi connectivity index (χ1) is 5.82. The molecule has 13 heavy (non-hydrogen) atoms. The predicted molar refractivity (Wildman–Crippen MR) is 51.7 cm³/mol. The van der Waals surface area contributed by atoms with Crippen molar-refractivity contribution < 1.29 is 9.90 Å². The molecule has 3 heteroatoms. The predicted octanol–water partition coefficient (Wildman–Crippen LogP) is 1.58. The maximum Gasteiger partial charge on any atom is 0.305 e. The van der Waals surface area contributed by atoms with Crippen molar-refractivity contribution in [2.24, 2.45) is 5.41 Å². The number of nitrogens with zero attached hydrogens (tertiary/aromatic N) is 1. The molecule has 0 aromatic rings. The Kier molecular flexibility index (Phi) is 2.41. The highest BCUT2D eigenvalue weighted by molar-refractivity contribution is 5.69. The average Bonchev–Trinajstić information content (AvgIpc) is 1.97. The minimum absolute atomic E-state index is 0.126. The zero-order valence-electron chi connectivity index (χ0n) is 8.92. The Morgan fingerprint density at radius 2 is 1.92 bits per heavy atom. The Hall–Kier alpha value is -0.570. The third kappa shape index (κ3) is 1.46. The smallest absolute Gasteiger partial charge is 0.305 e. The molecule has 1 rings (SSSR count). The van der Waals surface area contributed by atoms with Crippen molar-refractivity contribution >= 4 is 5.97 Å². The van der Waals surface area contributed by atoms with E-state index in [0.29, 0.717) is 0 Å². The lowest BCUT2D eigenvalue weighted by Crippen LogP contribution is -2.63. The van der Waals surface area contributed by atoms with Gasteiger partial charge in [0.15, 0.2) is 0 Å². The van der Waals surface area contributed by atoms with Gasteiger partial charge in [-0.2, -0.15) is 0 Å². The first kappa shape index (κ1) is 10.5. The molecule has 0 radical (unpaired) electrons. The van der Waals surface area contributed by atoms with Crippen molar-refractivity contribution in [1.29, 1.82) is 0 Å². The van der Waals surface area contributed by atoms with Gasteiger partial charge < -0.3 is 10.0 Å². The van der Waals surface area contributed by atoms with Crippen molar-refractivity contribution in [2.45, 2.75) is 38.6 Å². The van der Waals surface area contributed by atoms with Crippen LogP contribution in [0.5, 0.6) is 0 Å². The molecule has 1 N–H and O–H groups in total. The van der Waals surface area contributed by atoms with Gasteiger partial charge in [-0.05, 0) is 32.4 Å². The Balaban J connectivity index is 2.84. The number of aliphatic carboxylic acids is 1. The molecular weight excluding hydrogens is 166 g/mol. The summed E-state index contributed by atoms with van der Waals surface area (Å²) in [6.45, 7) is 4.30. The maximum absolute atomic E-state index is 10.8. The molecule has 1 saturated carbocycles. The van der Waals surface area contributed by atoms with E-state index in [4.69, 9.17) is 5.11 Å². The molecule has 0 amide bonds. The molecule has 1 atom stereocenters. The molecule has 1 aliphatic rings. The van der Waals surface area contributed by atoms with Crippen LogP contribution >= 0.6 is 0 Å². The fourth-order valence-electron chi connectivity index (χ4n) is 2.48. The van der Waals surface area contributed by atoms with Gasteiger partial charge in [0, 0.05) is 5.54 Å². The minimum atomic E-state index is -0.693. The number of carbonyl (C=O) groups is 1. The van der Waals surface area contributed by atoms with Gasteiger partial charge in [0.05, 0.1) is 6.42 Å². The van der Waals surface area contributed by atoms with Gasteiger partial charge in [-0.25, -0.2) is 0 Å². The standard InChI is InChI=1S/C10H19NO2/c1-9(2)5-6-10(9,11(3)4)7-8(12)13/h5-7H2,1-4H3,(H,12,13). The molecular formula is C10H19NO2. The van der Waals surface area contributed by atoms with Gasteiger partial charge in [-0.15, -0.1) is 0 Å². The molecule has 3 nitrogen and oxygen atoms in total. The van der Waals surface area contributed by atoms with Gasteiger partial charge in [0.25, 0.3) is 0 Å². The Morgan fingerprint density at radius 1 is 1.38 bits per heavy atom. The fraction of sp³-hybridized carbons (Fsp3) is 0.900. The van der Waals surface area contributed by atoms with Gasteiger partial charge in [-0.3, -0.25) is 4.79 Å². The first-order valence-electron chi connectivity index (χ1n) is 4.71. The van der Waals surface area contributed by atoms with E-state index in [1.807, 2.05) is 14.1 Å². The normalized spacial score (nSPS) is 31.5. The quantitative estimate of drug-likeness (QED) is 0.725. The monoisotopic (exact) mass is 185 g/mol. The lowest BCUT2D eigenvalue weighted by molar-refractivity contribution is -0.150. The Bertz CT molecular complexity index is 223. The third-order valence-corrected chi connectivity index (χ3v) is 3.72. The van der Waals surface area contributed by atoms with Crippen LogP contribution in [0.4, 0.5) is 0 Å². The summed E-state index contributed by atoms with van der Waals surface area (Å²) in [7, 11) is 3.95. The van der Waals surface area contributed by atoms with Crippen molar-refractivity contribution in [1.82, 2.24) is 4.90 Å². The number of rotatable bonds is 3. The molecule has 1 fully saturated rings. The SMILES string of the molecule is CN(C)C1(CC(=O)O)CCC1(C)C. The zero-order chi connectivity index (χ0) is 10.3. The number of carboxylic acid groups (broad SMARTS) is 1. The molecule has 1 aliphatic carbocycles. The lowest BCUT2D eigenvalue weighted by atomic mass is 9.54. The second kappa shape index (κ2) is 2.98. The van der Waals surface area contributed by atoms with Crippen LogP contribution in [0.2, 0.25) is 0 Å². The number of carboxylic acids is 1. The highest BCUT2D eigenvalue weighted by Gasteiger charge is 2.55. The highest BCUT2D eigenvalue weighted by Crippen LogP contribution is 2.54. The molecule has 0 aliphatic heterocycles. The summed E-state index contributed by atoms with van der Waals surface area (Å²) in [5.41, 5.74) is 0.00766. The van der Waals surface area contributed by atoms with Crippen LogP contribution in [0.1, 0.15) is 33.1 Å². The number of hydrogen-bond donors (Lipinski definition) is 1. The van der Waals surface area contributed by atoms with Gasteiger partial charge in [0.1, 0.15) is 0 Å². The summed E-state index contributed by atoms with van der Waals surface area (Å²) in [5, 5.41) is 8.87. The second-order valence-electron chi connectivity index (χ2n) is 4.88. The summed E-state index contributed by atoms with van der Waals surface area (Å²) >= 11 is 0. The van der Waals surface area contributed by atoms with E-state index in [1.165, 1.54) is 0 Å². The topological polar surface area (TPSA) is 40.5 Å². The Morgan fingerprint density at radius 3 is 2.00 bits per heavy atom. The molecule has 0 bridgehead atoms. The van der Waals surface area contributed by atoms with Gasteiger partial charge in [0.2, 0.25) is 0 Å². The van der Waals surface area contributed by atoms with E-state index in [-0.39, 0.29) is 17.4 Å². The van der Waals surface area contributed by atoms with Gasteiger partial charge >= 0.3 is 5.97 Å². The van der Waals surface area contributed by atoms with Crippen molar-refractivity contribution in [3.05, 3.63) is 0 Å². The molecule has 0 saturated heterocycles. The van der Waals surface area contributed by atoms with E-state index in [0.717, 1.165) is 12.8 Å². The Labute approximate surface area is 79.7 Å². The maximum atomic E-state index is 10.8. The summed E-state index contributed by atoms with van der Waals surface area (Å²) in [5.74, 6) is -0.693. The molecule has 0 heterocycles. The van der Waals surface area contributed by atoms with E-state index in [1.54, 1.807) is 0 Å². The van der Waals surface area contributed by atoms with Crippen LogP contribution in [0.15, 0.2) is 0 Å². The molecule has 76 valence electrons. The van der Waals surface area contributed by atoms with E-state index in [2.05, 4.69) is 18.7 Å². The van der Waals surface area contributed by atoms with E-state index >= 15 is 0 Å². The van der Waals surface area contributed by atoms with Crippen molar-refractivity contribution in [3.63, 3.8) is 0 Å². The summed E-state index contributed by atoms with van der Waals surface area (Å²) in [6.07, 6.45) is 2.38. The highest BCUT2D eigenvalue weighted by atomic mass is 16.4. The average molecular weight is 185 g/mol. The van der Waals surface area contributed by atoms with Gasteiger partial charge in [-0.1, -0.05) is 13.8 Å². The molecule has 1 unspecified atom stereocenters. The largest absolute Gasteiger partial charge is 0.481 e. The van der Waals surface area contributed by atoms with Crippen LogP contribution in [-0.4, -0.2) is 35.6 Å². The first-order valence-corrected chi connectivity index (χ1v) is 4.71. The van der Waals surface area contributed by atoms with E-state index in [9.17, 15) is 4.79 Å². The van der Waals surface area contributed by atoms with Crippen molar-refractivity contribution in [3.8, 4) is 0 Å². The molecule has 0 aromatic carbocycles. The molecule has 0 aromatic heterocycles. The minimum Gasteiger partial charge on any atom is -0.481 e. The summed E-state index contributed by atoms with van der Waals surface area (Å²) in [4.78, 5) is 12.8. The van der Waals surface area contributed by atoms with E-state index < -0.39 is 5.97 Å². The van der Waals surface area contributed by atoms with Crippen molar-refractivity contribution in [2.75, 3.05) is 14.1 Å².